The van der Waals surface area contributed by atoms with Crippen molar-refractivity contribution in [1.82, 2.24) is 5.01 Å². The molecule has 6 atom stereocenters. The summed E-state index contributed by atoms with van der Waals surface area (Å²) in [6.45, 7) is 2.67. The van der Waals surface area contributed by atoms with Gasteiger partial charge >= 0.3 is 0 Å². The number of hydrogen-bond acceptors (Lipinski definition) is 8. The van der Waals surface area contributed by atoms with E-state index >= 15 is 9.18 Å². The van der Waals surface area contributed by atoms with E-state index in [1.165, 1.54) is 41.3 Å². The molecule has 5 aliphatic rings. The fraction of sp³-hybridized carbons (Fsp3) is 0.286. The predicted molar refractivity (Wildman–Crippen MR) is 199 cm³/mol. The van der Waals surface area contributed by atoms with E-state index in [4.69, 9.17) is 16.3 Å². The van der Waals surface area contributed by atoms with E-state index in [9.17, 15) is 23.9 Å². The summed E-state index contributed by atoms with van der Waals surface area (Å²) in [7, 11) is 0. The van der Waals surface area contributed by atoms with Gasteiger partial charge in [0.15, 0.2) is 11.6 Å². The minimum Gasteiger partial charge on any atom is -0.505 e. The maximum atomic E-state index is 15.4. The molecule has 13 heteroatoms. The topological polar surface area (TPSA) is 119 Å². The molecule has 3 heterocycles. The zero-order valence-electron chi connectivity index (χ0n) is 29.3. The van der Waals surface area contributed by atoms with Crippen molar-refractivity contribution in [2.75, 3.05) is 41.5 Å². The third-order valence-electron chi connectivity index (χ3n) is 12.0. The van der Waals surface area contributed by atoms with Crippen molar-refractivity contribution < 1.29 is 37.8 Å². The molecule has 10 nitrogen and oxygen atoms in total. The Balaban J connectivity index is 1.16. The van der Waals surface area contributed by atoms with E-state index in [0.717, 1.165) is 29.9 Å². The summed E-state index contributed by atoms with van der Waals surface area (Å²) >= 11 is 6.33. The molecule has 0 bridgehead atoms. The molecule has 4 fully saturated rings. The number of halogens is 3. The van der Waals surface area contributed by atoms with Crippen LogP contribution in [0.25, 0.3) is 0 Å². The average molecular weight is 765 g/mol. The van der Waals surface area contributed by atoms with Gasteiger partial charge in [0.1, 0.15) is 5.82 Å². The number of nitrogens with one attached hydrogen (secondary N) is 1. The van der Waals surface area contributed by atoms with Gasteiger partial charge < -0.3 is 14.7 Å². The summed E-state index contributed by atoms with van der Waals surface area (Å²) in [5.41, 5.74) is 4.27. The van der Waals surface area contributed by atoms with Gasteiger partial charge in [-0.05, 0) is 103 Å². The maximum absolute atomic E-state index is 15.4. The number of hydrazine groups is 1. The summed E-state index contributed by atoms with van der Waals surface area (Å²) < 4.78 is 34.7. The van der Waals surface area contributed by atoms with E-state index in [1.54, 1.807) is 36.4 Å². The van der Waals surface area contributed by atoms with Gasteiger partial charge in [0.2, 0.25) is 11.8 Å². The molecule has 6 unspecified atom stereocenters. The van der Waals surface area contributed by atoms with E-state index in [2.05, 4.69) is 10.3 Å². The number of anilines is 3. The van der Waals surface area contributed by atoms with Gasteiger partial charge in [-0.3, -0.25) is 29.5 Å². The first-order chi connectivity index (χ1) is 26.6. The van der Waals surface area contributed by atoms with Crippen LogP contribution in [-0.4, -0.2) is 60.0 Å². The summed E-state index contributed by atoms with van der Waals surface area (Å²) in [6.07, 6.45) is 2.09. The summed E-state index contributed by atoms with van der Waals surface area (Å²) in [5.74, 6) is -8.36. The zero-order valence-corrected chi connectivity index (χ0v) is 30.1. The number of phenols is 1. The molecule has 4 amide bonds. The highest BCUT2D eigenvalue weighted by Gasteiger charge is 2.70. The minimum atomic E-state index is -1.67. The standard InChI is InChI=1S/C42H35ClF2N4O6/c43-25-4-2-24(3-5-25)42-33(39(52)49(41(42)54)46-27-8-6-26(44)7-9-27)22-32-30(37(42)23-1-16-35(50)34(45)21-23)14-15-31-36(32)40(53)48(38(31)51)29-12-10-28(11-13-29)47-17-19-55-20-18-47/h1-14,16,21,31-33,36-37,46,50H,15,17-20,22H2. The van der Waals surface area contributed by atoms with Gasteiger partial charge in [0.05, 0.1) is 47.8 Å². The second-order valence-electron chi connectivity index (χ2n) is 14.7. The van der Waals surface area contributed by atoms with E-state index in [0.29, 0.717) is 40.6 Å². The number of rotatable bonds is 6. The quantitative estimate of drug-likeness (QED) is 0.172. The largest absolute Gasteiger partial charge is 0.505 e. The Labute approximate surface area is 319 Å². The van der Waals surface area contributed by atoms with Crippen LogP contribution in [0.5, 0.6) is 5.75 Å². The lowest BCUT2D eigenvalue weighted by Crippen LogP contribution is -2.53. The highest BCUT2D eigenvalue weighted by molar-refractivity contribution is 6.30. The number of imide groups is 2. The fourth-order valence-electron chi connectivity index (χ4n) is 9.62. The number of nitrogens with zero attached hydrogens (tertiary/aromatic N) is 3. The number of carbonyl (C=O) groups is 4. The van der Waals surface area contributed by atoms with Crippen molar-refractivity contribution in [3.63, 3.8) is 0 Å². The highest BCUT2D eigenvalue weighted by Crippen LogP contribution is 2.64. The molecule has 0 spiro atoms. The number of fused-ring (bicyclic) bond motifs is 4. The van der Waals surface area contributed by atoms with Crippen LogP contribution >= 0.6 is 11.6 Å². The Kier molecular flexibility index (Phi) is 8.50. The van der Waals surface area contributed by atoms with Crippen LogP contribution in [0.3, 0.4) is 0 Å². The van der Waals surface area contributed by atoms with Crippen LogP contribution in [0.4, 0.5) is 25.8 Å². The number of phenolic OH excluding ortho intramolecular Hbond substituents is 1. The summed E-state index contributed by atoms with van der Waals surface area (Å²) in [5, 5.41) is 11.6. The SMILES string of the molecule is O=C1C2CC3C(=CCC4C(=O)N(c5ccc(N6CCOCC6)cc5)C(=O)C43)C(c3ccc(O)c(F)c3)C2(c2ccc(Cl)cc2)C(=O)N1Nc1ccc(F)cc1. The Morgan fingerprint density at radius 3 is 2.18 bits per heavy atom. The van der Waals surface area contributed by atoms with E-state index in [-0.39, 0.29) is 24.4 Å². The molecule has 2 N–H and O–H groups in total. The Bertz CT molecular complexity index is 2260. The Morgan fingerprint density at radius 1 is 0.800 bits per heavy atom. The predicted octanol–water partition coefficient (Wildman–Crippen LogP) is 6.35. The first-order valence-corrected chi connectivity index (χ1v) is 18.6. The third-order valence-corrected chi connectivity index (χ3v) is 12.3. The van der Waals surface area contributed by atoms with Crippen LogP contribution in [0, 0.1) is 35.3 Å². The summed E-state index contributed by atoms with van der Waals surface area (Å²) in [4.78, 5) is 62.2. The second-order valence-corrected chi connectivity index (χ2v) is 15.1. The molecule has 55 heavy (non-hydrogen) atoms. The number of allylic oxidation sites excluding steroid dienone is 2. The van der Waals surface area contributed by atoms with Gasteiger partial charge in [0, 0.05) is 29.7 Å². The molecular weight excluding hydrogens is 730 g/mol. The fourth-order valence-corrected chi connectivity index (χ4v) is 9.75. The van der Waals surface area contributed by atoms with Crippen molar-refractivity contribution in [3.05, 3.63) is 130 Å². The second kappa shape index (κ2) is 13.3. The van der Waals surface area contributed by atoms with Crippen molar-refractivity contribution in [2.45, 2.75) is 24.2 Å². The van der Waals surface area contributed by atoms with Gasteiger partial charge in [0.25, 0.3) is 11.8 Å². The smallest absolute Gasteiger partial charge is 0.260 e. The molecule has 0 radical (unpaired) electrons. The van der Waals surface area contributed by atoms with Crippen molar-refractivity contribution >= 4 is 52.3 Å². The molecule has 0 aromatic heterocycles. The first-order valence-electron chi connectivity index (χ1n) is 18.2. The van der Waals surface area contributed by atoms with Gasteiger partial charge in [-0.25, -0.2) is 8.78 Å². The lowest BCUT2D eigenvalue weighted by Gasteiger charge is -2.50. The number of benzene rings is 4. The Hall–Kier alpha value is -5.59. The molecule has 4 aromatic rings. The normalized spacial score (nSPS) is 27.5. The van der Waals surface area contributed by atoms with E-state index in [1.807, 2.05) is 18.2 Å². The summed E-state index contributed by atoms with van der Waals surface area (Å²) in [6, 6.07) is 22.9. The lowest BCUT2D eigenvalue weighted by molar-refractivity contribution is -0.138. The molecule has 1 saturated carbocycles. The Morgan fingerprint density at radius 2 is 1.49 bits per heavy atom. The molecule has 280 valence electrons. The van der Waals surface area contributed by atoms with Gasteiger partial charge in [-0.2, -0.15) is 5.01 Å². The number of morpholine rings is 1. The molecule has 9 rings (SSSR count). The van der Waals surface area contributed by atoms with Gasteiger partial charge in [-0.15, -0.1) is 0 Å². The van der Waals surface area contributed by atoms with E-state index < -0.39 is 70.1 Å². The van der Waals surface area contributed by atoms with Crippen LogP contribution < -0.4 is 15.2 Å². The molecule has 3 saturated heterocycles. The van der Waals surface area contributed by atoms with Crippen molar-refractivity contribution in [1.29, 1.82) is 0 Å². The lowest BCUT2D eigenvalue weighted by atomic mass is 9.49. The van der Waals surface area contributed by atoms with Crippen LogP contribution in [0.15, 0.2) is 103 Å². The number of aromatic hydroxyl groups is 1. The molecule has 3 aliphatic heterocycles. The highest BCUT2D eigenvalue weighted by atomic mass is 35.5. The number of amides is 4. The molecule has 4 aromatic carbocycles. The monoisotopic (exact) mass is 764 g/mol. The van der Waals surface area contributed by atoms with Crippen LogP contribution in [0.1, 0.15) is 29.9 Å². The first kappa shape index (κ1) is 35.1. The number of ether oxygens (including phenoxy) is 1. The van der Waals surface area contributed by atoms with Crippen molar-refractivity contribution in [3.8, 4) is 5.75 Å². The molecular formula is C42H35ClF2N4O6. The zero-order chi connectivity index (χ0) is 38.2. The van der Waals surface area contributed by atoms with Gasteiger partial charge in [-0.1, -0.05) is 41.4 Å². The average Bonchev–Trinajstić information content (AvgIpc) is 3.58. The van der Waals surface area contributed by atoms with Crippen molar-refractivity contribution in [2.24, 2.45) is 23.7 Å². The number of hydrogen-bond donors (Lipinski definition) is 2. The minimum absolute atomic E-state index is 0.0295. The van der Waals surface area contributed by atoms with Crippen LogP contribution in [-0.2, 0) is 29.3 Å². The molecule has 2 aliphatic carbocycles. The third kappa shape index (κ3) is 5.44. The number of carbonyl (C=O) groups excluding carboxylic acids is 4. The van der Waals surface area contributed by atoms with Crippen LogP contribution in [0.2, 0.25) is 5.02 Å². The maximum Gasteiger partial charge on any atom is 0.260 e.